The second kappa shape index (κ2) is 10.2. The topological polar surface area (TPSA) is 0 Å². The second-order valence-electron chi connectivity index (χ2n) is 5.60. The number of hydrogen-bond acceptors (Lipinski definition) is 0. The number of unbranched alkanes of at least 4 members (excludes halogenated alkanes) is 3. The average molecular weight is 248 g/mol. The van der Waals surface area contributed by atoms with E-state index in [1.54, 1.807) is 0 Å². The summed E-state index contributed by atoms with van der Waals surface area (Å²) in [6.45, 7) is 13.4. The predicted octanol–water partition coefficient (Wildman–Crippen LogP) is 6.60. The zero-order chi connectivity index (χ0) is 14.0. The molecule has 0 nitrogen and oxygen atoms in total. The lowest BCUT2D eigenvalue weighted by molar-refractivity contribution is 0.664. The van der Waals surface area contributed by atoms with Gasteiger partial charge in [0.25, 0.3) is 0 Å². The molecular formula is C18H32. The summed E-state index contributed by atoms with van der Waals surface area (Å²) in [5, 5.41) is 0. The standard InChI is InChI=1S/C18H32/c1-7-9-10-11-12-17(6)14-18(15(3)4)13-16(5)8-2/h13-14H,7-12H2,1-6H3/b16-13+,17-14+. The lowest BCUT2D eigenvalue weighted by atomic mass is 10.0. The molecule has 104 valence electrons. The Morgan fingerprint density at radius 1 is 0.778 bits per heavy atom. The van der Waals surface area contributed by atoms with Gasteiger partial charge < -0.3 is 0 Å². The quantitative estimate of drug-likeness (QED) is 0.335. The molecule has 0 aromatic heterocycles. The molecule has 0 atom stereocenters. The van der Waals surface area contributed by atoms with Gasteiger partial charge in [0.1, 0.15) is 0 Å². The summed E-state index contributed by atoms with van der Waals surface area (Å²) < 4.78 is 0. The van der Waals surface area contributed by atoms with E-state index >= 15 is 0 Å². The monoisotopic (exact) mass is 248 g/mol. The molecule has 0 aliphatic rings. The summed E-state index contributed by atoms with van der Waals surface area (Å²) in [5.41, 5.74) is 5.79. The van der Waals surface area contributed by atoms with Gasteiger partial charge in [0.2, 0.25) is 0 Å². The van der Waals surface area contributed by atoms with Crippen LogP contribution in [0.25, 0.3) is 0 Å². The molecule has 0 bridgehead atoms. The van der Waals surface area contributed by atoms with Crippen LogP contribution in [0.4, 0.5) is 0 Å². The molecule has 0 saturated carbocycles. The summed E-state index contributed by atoms with van der Waals surface area (Å²) >= 11 is 0. The van der Waals surface area contributed by atoms with Crippen molar-refractivity contribution in [2.24, 2.45) is 0 Å². The van der Waals surface area contributed by atoms with Crippen LogP contribution in [0.5, 0.6) is 0 Å². The molecule has 0 heterocycles. The van der Waals surface area contributed by atoms with Crippen LogP contribution in [0, 0.1) is 0 Å². The van der Waals surface area contributed by atoms with Gasteiger partial charge in [0, 0.05) is 0 Å². The summed E-state index contributed by atoms with van der Waals surface area (Å²) in [6, 6.07) is 0. The first-order chi connectivity index (χ1) is 8.51. The molecule has 0 aliphatic carbocycles. The third-order valence-electron chi connectivity index (χ3n) is 3.36. The van der Waals surface area contributed by atoms with E-state index in [1.165, 1.54) is 54.4 Å². The van der Waals surface area contributed by atoms with Gasteiger partial charge in [0.05, 0.1) is 0 Å². The first kappa shape index (κ1) is 17.2. The van der Waals surface area contributed by atoms with Gasteiger partial charge in [-0.1, -0.05) is 62.0 Å². The fourth-order valence-electron chi connectivity index (χ4n) is 1.87. The van der Waals surface area contributed by atoms with Crippen LogP contribution in [0.3, 0.4) is 0 Å². The van der Waals surface area contributed by atoms with Crippen LogP contribution in [0.2, 0.25) is 0 Å². The van der Waals surface area contributed by atoms with E-state index < -0.39 is 0 Å². The Hall–Kier alpha value is -0.780. The maximum absolute atomic E-state index is 2.38. The van der Waals surface area contributed by atoms with E-state index in [9.17, 15) is 0 Å². The minimum Gasteiger partial charge on any atom is -0.0730 e. The van der Waals surface area contributed by atoms with E-state index in [1.807, 2.05) is 0 Å². The molecule has 0 N–H and O–H groups in total. The van der Waals surface area contributed by atoms with Crippen LogP contribution in [-0.4, -0.2) is 0 Å². The molecule has 0 saturated heterocycles. The van der Waals surface area contributed by atoms with Crippen molar-refractivity contribution in [3.05, 3.63) is 34.4 Å². The van der Waals surface area contributed by atoms with Crippen molar-refractivity contribution >= 4 is 0 Å². The number of hydrogen-bond donors (Lipinski definition) is 0. The molecule has 0 aromatic carbocycles. The fourth-order valence-corrected chi connectivity index (χ4v) is 1.87. The SMILES string of the molecule is CCCCCC/C(C)=C/C(/C=C(\C)CC)=C(C)C. The van der Waals surface area contributed by atoms with Crippen LogP contribution in [0.15, 0.2) is 34.4 Å². The number of allylic oxidation sites excluding steroid dienone is 6. The predicted molar refractivity (Wildman–Crippen MR) is 84.9 cm³/mol. The van der Waals surface area contributed by atoms with Gasteiger partial charge >= 0.3 is 0 Å². The van der Waals surface area contributed by atoms with Crippen molar-refractivity contribution in [1.29, 1.82) is 0 Å². The second-order valence-corrected chi connectivity index (χ2v) is 5.60. The van der Waals surface area contributed by atoms with Gasteiger partial charge in [-0.3, -0.25) is 0 Å². The molecule has 0 unspecified atom stereocenters. The Morgan fingerprint density at radius 2 is 1.39 bits per heavy atom. The highest BCUT2D eigenvalue weighted by Gasteiger charge is 1.97. The Bertz CT molecular complexity index is 309. The molecule has 0 spiro atoms. The molecule has 0 heteroatoms. The first-order valence-corrected chi connectivity index (χ1v) is 7.53. The lowest BCUT2D eigenvalue weighted by Gasteiger charge is -2.06. The maximum atomic E-state index is 2.38. The zero-order valence-electron chi connectivity index (χ0n) is 13.4. The molecule has 0 aromatic rings. The van der Waals surface area contributed by atoms with Crippen molar-refractivity contribution in [2.45, 2.75) is 80.1 Å². The number of rotatable bonds is 8. The van der Waals surface area contributed by atoms with E-state index in [2.05, 4.69) is 53.7 Å². The molecule has 0 fully saturated rings. The van der Waals surface area contributed by atoms with Gasteiger partial charge in [-0.05, 0) is 52.5 Å². The Kier molecular flexibility index (Phi) is 9.73. The van der Waals surface area contributed by atoms with Crippen LogP contribution in [0.1, 0.15) is 80.1 Å². The van der Waals surface area contributed by atoms with Crippen molar-refractivity contribution in [1.82, 2.24) is 0 Å². The van der Waals surface area contributed by atoms with Crippen LogP contribution >= 0.6 is 0 Å². The minimum atomic E-state index is 1.14. The van der Waals surface area contributed by atoms with Crippen molar-refractivity contribution in [2.75, 3.05) is 0 Å². The molecule has 0 rings (SSSR count). The molecule has 0 aliphatic heterocycles. The maximum Gasteiger partial charge on any atom is -0.0271 e. The van der Waals surface area contributed by atoms with Crippen LogP contribution < -0.4 is 0 Å². The highest BCUT2D eigenvalue weighted by molar-refractivity contribution is 5.38. The summed E-state index contributed by atoms with van der Waals surface area (Å²) in [7, 11) is 0. The first-order valence-electron chi connectivity index (χ1n) is 7.53. The van der Waals surface area contributed by atoms with E-state index in [4.69, 9.17) is 0 Å². The van der Waals surface area contributed by atoms with Gasteiger partial charge in [-0.15, -0.1) is 0 Å². The lowest BCUT2D eigenvalue weighted by Crippen LogP contribution is -1.85. The summed E-state index contributed by atoms with van der Waals surface area (Å²) in [4.78, 5) is 0. The largest absolute Gasteiger partial charge is 0.0730 e. The highest BCUT2D eigenvalue weighted by atomic mass is 14.0. The van der Waals surface area contributed by atoms with Gasteiger partial charge in [0.15, 0.2) is 0 Å². The molecule has 0 radical (unpaired) electrons. The van der Waals surface area contributed by atoms with E-state index in [-0.39, 0.29) is 0 Å². The summed E-state index contributed by atoms with van der Waals surface area (Å²) in [5.74, 6) is 0. The van der Waals surface area contributed by atoms with Gasteiger partial charge in [-0.25, -0.2) is 0 Å². The fraction of sp³-hybridized carbons (Fsp3) is 0.667. The Balaban J connectivity index is 4.53. The van der Waals surface area contributed by atoms with Crippen LogP contribution in [-0.2, 0) is 0 Å². The smallest absolute Gasteiger partial charge is 0.0271 e. The van der Waals surface area contributed by atoms with Gasteiger partial charge in [-0.2, -0.15) is 0 Å². The van der Waals surface area contributed by atoms with Crippen molar-refractivity contribution in [3.8, 4) is 0 Å². The zero-order valence-corrected chi connectivity index (χ0v) is 13.4. The summed E-state index contributed by atoms with van der Waals surface area (Å²) in [6.07, 6.45) is 12.5. The van der Waals surface area contributed by atoms with Crippen molar-refractivity contribution < 1.29 is 0 Å². The van der Waals surface area contributed by atoms with E-state index in [0.29, 0.717) is 0 Å². The third-order valence-corrected chi connectivity index (χ3v) is 3.36. The highest BCUT2D eigenvalue weighted by Crippen LogP contribution is 2.17. The van der Waals surface area contributed by atoms with Crippen molar-refractivity contribution in [3.63, 3.8) is 0 Å². The average Bonchev–Trinajstić information content (AvgIpc) is 2.33. The third kappa shape index (κ3) is 8.33. The molecule has 18 heavy (non-hydrogen) atoms. The minimum absolute atomic E-state index is 1.14. The molecular weight excluding hydrogens is 216 g/mol. The normalized spacial score (nSPS) is 12.8. The van der Waals surface area contributed by atoms with E-state index in [0.717, 1.165) is 6.42 Å². The molecule has 0 amide bonds. The Labute approximate surface area is 115 Å². The Morgan fingerprint density at radius 3 is 1.89 bits per heavy atom.